The van der Waals surface area contributed by atoms with Gasteiger partial charge in [0.1, 0.15) is 12.8 Å². The minimum Gasteiger partial charge on any atom is -0.480 e. The summed E-state index contributed by atoms with van der Waals surface area (Å²) in [6.45, 7) is 2.42. The molecule has 0 rings (SSSR count). The summed E-state index contributed by atoms with van der Waals surface area (Å²) in [6, 6.07) is -0.894. The summed E-state index contributed by atoms with van der Waals surface area (Å²) < 4.78 is 9.49. The predicted molar refractivity (Wildman–Crippen MR) is 72.3 cm³/mol. The van der Waals surface area contributed by atoms with Crippen LogP contribution in [0.5, 0.6) is 0 Å². The highest BCUT2D eigenvalue weighted by atomic mass is 16.5. The Labute approximate surface area is 117 Å². The van der Waals surface area contributed by atoms with Crippen LogP contribution in [-0.4, -0.2) is 56.2 Å². The lowest BCUT2D eigenvalue weighted by Crippen LogP contribution is -2.42. The molecule has 0 spiro atoms. The van der Waals surface area contributed by atoms with Gasteiger partial charge in [-0.15, -0.1) is 0 Å². The minimum absolute atomic E-state index is 0.0728. The van der Waals surface area contributed by atoms with Crippen molar-refractivity contribution in [1.29, 1.82) is 0 Å². The topological polar surface area (TPSA) is 135 Å². The van der Waals surface area contributed by atoms with E-state index in [1.165, 1.54) is 7.11 Å². The summed E-state index contributed by atoms with van der Waals surface area (Å²) in [5, 5.41) is 13.9. The van der Waals surface area contributed by atoms with Gasteiger partial charge in [-0.3, -0.25) is 10.1 Å². The van der Waals surface area contributed by atoms with E-state index >= 15 is 0 Å². The number of carbonyl (C=O) groups excluding carboxylic acids is 1. The highest BCUT2D eigenvalue weighted by Crippen LogP contribution is 1.93. The average Bonchev–Trinajstić information content (AvgIpc) is 2.40. The summed E-state index contributed by atoms with van der Waals surface area (Å²) in [4.78, 5) is 25.7. The normalized spacial score (nSPS) is 12.7. The smallest absolute Gasteiger partial charge is 0.413 e. The molecule has 0 saturated heterocycles. The van der Waals surface area contributed by atoms with Crippen LogP contribution in [0.3, 0.4) is 0 Å². The van der Waals surface area contributed by atoms with E-state index in [2.05, 4.69) is 15.6 Å². The molecule has 0 fully saturated rings. The van der Waals surface area contributed by atoms with Crippen LogP contribution in [0.4, 0.5) is 4.79 Å². The van der Waals surface area contributed by atoms with Crippen molar-refractivity contribution >= 4 is 18.0 Å². The van der Waals surface area contributed by atoms with Gasteiger partial charge in [0.15, 0.2) is 0 Å². The van der Waals surface area contributed by atoms with Crippen molar-refractivity contribution in [2.45, 2.75) is 25.8 Å². The fourth-order valence-electron chi connectivity index (χ4n) is 1.18. The van der Waals surface area contributed by atoms with Gasteiger partial charge < -0.3 is 25.6 Å². The van der Waals surface area contributed by atoms with Crippen molar-refractivity contribution in [2.24, 2.45) is 10.7 Å². The van der Waals surface area contributed by atoms with E-state index in [1.54, 1.807) is 6.92 Å². The average molecular weight is 290 g/mol. The number of methoxy groups -OCH3 is 1. The number of carbonyl (C=O) groups is 2. The Morgan fingerprint density at radius 1 is 1.45 bits per heavy atom. The molecule has 0 heterocycles. The Kier molecular flexibility index (Phi) is 9.97. The van der Waals surface area contributed by atoms with Crippen molar-refractivity contribution in [1.82, 2.24) is 10.6 Å². The number of nitrogens with one attached hydrogen (secondary N) is 2. The van der Waals surface area contributed by atoms with Crippen molar-refractivity contribution in [2.75, 3.05) is 27.0 Å². The third-order valence-electron chi connectivity index (χ3n) is 2.15. The Hall–Kier alpha value is -1.87. The Balaban J connectivity index is 4.11. The molecule has 0 aliphatic rings. The molecule has 0 aliphatic carbocycles. The molecule has 0 bridgehead atoms. The molecule has 0 radical (unpaired) electrons. The number of rotatable bonds is 8. The van der Waals surface area contributed by atoms with Crippen LogP contribution < -0.4 is 16.4 Å². The first kappa shape index (κ1) is 18.1. The number of alkyl carbamates (subject to hydrolysis) is 1. The van der Waals surface area contributed by atoms with Gasteiger partial charge in [0, 0.05) is 13.7 Å². The second-order valence-corrected chi connectivity index (χ2v) is 3.78. The zero-order valence-corrected chi connectivity index (χ0v) is 11.7. The Morgan fingerprint density at radius 3 is 2.70 bits per heavy atom. The number of hydrogen-bond acceptors (Lipinski definition) is 6. The predicted octanol–water partition coefficient (Wildman–Crippen LogP) is -0.526. The van der Waals surface area contributed by atoms with Gasteiger partial charge in [0.2, 0.25) is 5.96 Å². The highest BCUT2D eigenvalue weighted by Gasteiger charge is 2.11. The van der Waals surface area contributed by atoms with Gasteiger partial charge in [0.05, 0.1) is 6.61 Å². The zero-order chi connectivity index (χ0) is 15.4. The molecule has 0 saturated carbocycles. The van der Waals surface area contributed by atoms with Gasteiger partial charge in [-0.05, 0) is 19.8 Å². The molecule has 20 heavy (non-hydrogen) atoms. The maximum Gasteiger partial charge on any atom is 0.413 e. The van der Waals surface area contributed by atoms with Gasteiger partial charge in [-0.25, -0.2) is 9.79 Å². The number of carboxylic acids is 1. The number of aliphatic imine (C=N–C) groups is 1. The molecule has 0 aromatic rings. The van der Waals surface area contributed by atoms with Crippen LogP contribution in [0.2, 0.25) is 0 Å². The van der Waals surface area contributed by atoms with E-state index in [1.807, 2.05) is 0 Å². The number of nitrogens with zero attached hydrogens (tertiary/aromatic N) is 1. The number of hydrogen-bond donors (Lipinski definition) is 4. The van der Waals surface area contributed by atoms with E-state index in [-0.39, 0.29) is 19.3 Å². The van der Waals surface area contributed by atoms with E-state index < -0.39 is 18.1 Å². The molecule has 5 N–H and O–H groups in total. The molecule has 9 nitrogen and oxygen atoms in total. The molecular weight excluding hydrogens is 268 g/mol. The number of nitrogens with two attached hydrogens (primary N) is 1. The second kappa shape index (κ2) is 11.0. The standard InChI is InChI=1S/C11H22N4O5/c1-3-20-11(18)15-10(14-7-19-2)13-6-4-5-8(12)9(16)17/h8H,3-7,12H2,1-2H3,(H,16,17)(H2,13,14,15,18)/t8-/m0/s1. The van der Waals surface area contributed by atoms with Crippen LogP contribution in [0.15, 0.2) is 4.99 Å². The first-order chi connectivity index (χ1) is 9.51. The molecular formula is C11H22N4O5. The maximum atomic E-state index is 11.3. The van der Waals surface area contributed by atoms with Crippen molar-refractivity contribution in [3.63, 3.8) is 0 Å². The minimum atomic E-state index is -1.04. The van der Waals surface area contributed by atoms with Crippen molar-refractivity contribution in [3.8, 4) is 0 Å². The summed E-state index contributed by atoms with van der Waals surface area (Å²) in [7, 11) is 1.47. The monoisotopic (exact) mass is 290 g/mol. The van der Waals surface area contributed by atoms with E-state index in [9.17, 15) is 9.59 Å². The lowest BCUT2D eigenvalue weighted by molar-refractivity contribution is -0.138. The van der Waals surface area contributed by atoms with Crippen LogP contribution >= 0.6 is 0 Å². The number of amides is 1. The zero-order valence-electron chi connectivity index (χ0n) is 11.7. The lowest BCUT2D eigenvalue weighted by Gasteiger charge is -2.12. The van der Waals surface area contributed by atoms with Gasteiger partial charge in [-0.1, -0.05) is 0 Å². The fraction of sp³-hybridized carbons (Fsp3) is 0.727. The number of ether oxygens (including phenoxy) is 2. The Morgan fingerprint density at radius 2 is 2.15 bits per heavy atom. The highest BCUT2D eigenvalue weighted by molar-refractivity contribution is 5.93. The molecule has 0 unspecified atom stereocenters. The lowest BCUT2D eigenvalue weighted by atomic mass is 10.2. The molecule has 9 heteroatoms. The second-order valence-electron chi connectivity index (χ2n) is 3.78. The quantitative estimate of drug-likeness (QED) is 0.268. The molecule has 116 valence electrons. The summed E-state index contributed by atoms with van der Waals surface area (Å²) in [6.07, 6.45) is 0.209. The Bertz CT molecular complexity index is 335. The van der Waals surface area contributed by atoms with Gasteiger partial charge >= 0.3 is 12.1 Å². The largest absolute Gasteiger partial charge is 0.480 e. The van der Waals surface area contributed by atoms with Crippen LogP contribution in [-0.2, 0) is 14.3 Å². The van der Waals surface area contributed by atoms with E-state index in [0.717, 1.165) is 0 Å². The third kappa shape index (κ3) is 9.11. The molecule has 1 amide bonds. The molecule has 0 aromatic heterocycles. The van der Waals surface area contributed by atoms with E-state index in [4.69, 9.17) is 20.3 Å². The van der Waals surface area contributed by atoms with Gasteiger partial charge in [-0.2, -0.15) is 0 Å². The van der Waals surface area contributed by atoms with Crippen molar-refractivity contribution < 1.29 is 24.2 Å². The number of aliphatic carboxylic acids is 1. The van der Waals surface area contributed by atoms with E-state index in [0.29, 0.717) is 19.4 Å². The molecule has 1 atom stereocenters. The number of carboxylic acid groups (broad SMARTS) is 1. The van der Waals surface area contributed by atoms with Crippen LogP contribution in [0, 0.1) is 0 Å². The summed E-state index contributed by atoms with van der Waals surface area (Å²) >= 11 is 0. The summed E-state index contributed by atoms with van der Waals surface area (Å²) in [5.41, 5.74) is 5.37. The molecule has 0 aromatic carbocycles. The number of guanidine groups is 1. The van der Waals surface area contributed by atoms with Crippen LogP contribution in [0.1, 0.15) is 19.8 Å². The maximum absolute atomic E-state index is 11.3. The van der Waals surface area contributed by atoms with Crippen LogP contribution in [0.25, 0.3) is 0 Å². The fourth-order valence-corrected chi connectivity index (χ4v) is 1.18. The SMILES string of the molecule is CCOC(=O)NC(=NCOC)NCCC[C@H](N)C(=O)O. The first-order valence-corrected chi connectivity index (χ1v) is 6.20. The molecule has 0 aliphatic heterocycles. The van der Waals surface area contributed by atoms with Crippen molar-refractivity contribution in [3.05, 3.63) is 0 Å². The first-order valence-electron chi connectivity index (χ1n) is 6.20. The summed E-state index contributed by atoms with van der Waals surface area (Å²) in [5.74, 6) is -0.836. The van der Waals surface area contributed by atoms with Gasteiger partial charge in [0.25, 0.3) is 0 Å². The third-order valence-corrected chi connectivity index (χ3v) is 2.15.